The van der Waals surface area contributed by atoms with Gasteiger partial charge in [0.15, 0.2) is 0 Å². The highest BCUT2D eigenvalue weighted by Gasteiger charge is 2.42. The van der Waals surface area contributed by atoms with Crippen molar-refractivity contribution in [3.63, 3.8) is 0 Å². The van der Waals surface area contributed by atoms with Crippen LogP contribution in [0.15, 0.2) is 4.99 Å². The zero-order valence-corrected chi connectivity index (χ0v) is 14.2. The fraction of sp³-hybridized carbons (Fsp3) is 0.941. The normalized spacial score (nSPS) is 21.8. The second-order valence-corrected chi connectivity index (χ2v) is 7.60. The van der Waals surface area contributed by atoms with Crippen molar-refractivity contribution >= 4 is 16.8 Å². The van der Waals surface area contributed by atoms with Gasteiger partial charge in [-0.05, 0) is 12.8 Å². The molecule has 0 bridgehead atoms. The maximum Gasteiger partial charge on any atom is 0.0958 e. The Balaban J connectivity index is 1.82. The molecule has 0 amide bonds. The van der Waals surface area contributed by atoms with Gasteiger partial charge in [-0.2, -0.15) is 0 Å². The van der Waals surface area contributed by atoms with Gasteiger partial charge in [0.2, 0.25) is 0 Å². The van der Waals surface area contributed by atoms with Crippen molar-refractivity contribution in [1.82, 2.24) is 5.32 Å². The van der Waals surface area contributed by atoms with Gasteiger partial charge in [0.05, 0.1) is 10.6 Å². The van der Waals surface area contributed by atoms with Gasteiger partial charge in [0.25, 0.3) is 0 Å². The van der Waals surface area contributed by atoms with Crippen LogP contribution in [0.3, 0.4) is 0 Å². The van der Waals surface area contributed by atoms with Crippen molar-refractivity contribution in [2.75, 3.05) is 18.8 Å². The quantitative estimate of drug-likeness (QED) is 0.594. The molecule has 0 saturated carbocycles. The number of aliphatic imine (C=N–C) groups is 1. The highest BCUT2D eigenvalue weighted by Crippen LogP contribution is 2.36. The molecule has 0 radical (unpaired) electrons. The molecular formula is C17H32N2S. The lowest BCUT2D eigenvalue weighted by Crippen LogP contribution is -2.58. The minimum atomic E-state index is 0.298. The summed E-state index contributed by atoms with van der Waals surface area (Å²) in [4.78, 5) is 5.12. The van der Waals surface area contributed by atoms with Gasteiger partial charge >= 0.3 is 0 Å². The van der Waals surface area contributed by atoms with Crippen molar-refractivity contribution in [3.05, 3.63) is 0 Å². The lowest BCUT2D eigenvalue weighted by atomic mass is 9.93. The molecule has 1 atom stereocenters. The summed E-state index contributed by atoms with van der Waals surface area (Å²) < 4.78 is 0. The number of thioether (sulfide) groups is 1. The second kappa shape index (κ2) is 8.43. The van der Waals surface area contributed by atoms with E-state index < -0.39 is 0 Å². The van der Waals surface area contributed by atoms with Crippen LogP contribution in [0.5, 0.6) is 0 Å². The van der Waals surface area contributed by atoms with Crippen molar-refractivity contribution < 1.29 is 0 Å². The van der Waals surface area contributed by atoms with E-state index in [1.807, 2.05) is 0 Å². The van der Waals surface area contributed by atoms with Gasteiger partial charge in [0.1, 0.15) is 0 Å². The summed E-state index contributed by atoms with van der Waals surface area (Å²) in [7, 11) is 0. The standard InChI is InChI=1S/C17H32N2S/c1-3-5-7-9-11-15(10-8-6-4-2)16-19-17(14-20-16)12-18-13-17/h15,18H,3-14H2,1-2H3. The number of nitrogens with zero attached hydrogens (tertiary/aromatic N) is 1. The Hall–Kier alpha value is -0.0200. The summed E-state index contributed by atoms with van der Waals surface area (Å²) >= 11 is 2.07. The van der Waals surface area contributed by atoms with E-state index in [0.29, 0.717) is 5.54 Å². The van der Waals surface area contributed by atoms with Gasteiger partial charge in [-0.1, -0.05) is 58.8 Å². The summed E-state index contributed by atoms with van der Waals surface area (Å²) in [5.74, 6) is 2.00. The largest absolute Gasteiger partial charge is 0.312 e. The van der Waals surface area contributed by atoms with E-state index in [4.69, 9.17) is 4.99 Å². The second-order valence-electron chi connectivity index (χ2n) is 6.61. The molecule has 3 heteroatoms. The Morgan fingerprint density at radius 2 is 1.70 bits per heavy atom. The summed E-state index contributed by atoms with van der Waals surface area (Å²) in [6.45, 7) is 6.82. The molecule has 1 spiro atoms. The van der Waals surface area contributed by atoms with Crippen molar-refractivity contribution in [3.8, 4) is 0 Å². The molecule has 2 heterocycles. The fourth-order valence-corrected chi connectivity index (χ4v) is 4.57. The van der Waals surface area contributed by atoms with E-state index >= 15 is 0 Å². The van der Waals surface area contributed by atoms with Crippen LogP contribution in [-0.4, -0.2) is 29.4 Å². The summed E-state index contributed by atoms with van der Waals surface area (Å²) in [6.07, 6.45) is 12.4. The first-order chi connectivity index (χ1) is 9.79. The van der Waals surface area contributed by atoms with Crippen molar-refractivity contribution in [2.45, 2.75) is 77.2 Å². The van der Waals surface area contributed by atoms with E-state index in [1.165, 1.54) is 68.6 Å². The number of unbranched alkanes of at least 4 members (excludes halogenated alkanes) is 5. The van der Waals surface area contributed by atoms with E-state index in [9.17, 15) is 0 Å². The number of rotatable bonds is 10. The molecule has 2 rings (SSSR count). The van der Waals surface area contributed by atoms with Crippen LogP contribution < -0.4 is 5.32 Å². The number of hydrogen-bond donors (Lipinski definition) is 1. The minimum Gasteiger partial charge on any atom is -0.312 e. The topological polar surface area (TPSA) is 24.4 Å². The molecule has 1 fully saturated rings. The lowest BCUT2D eigenvalue weighted by molar-refractivity contribution is 0.321. The maximum absolute atomic E-state index is 5.12. The van der Waals surface area contributed by atoms with Gasteiger partial charge in [-0.15, -0.1) is 11.8 Å². The fourth-order valence-electron chi connectivity index (χ4n) is 3.16. The van der Waals surface area contributed by atoms with Crippen LogP contribution in [-0.2, 0) is 0 Å². The highest BCUT2D eigenvalue weighted by atomic mass is 32.2. The Kier molecular flexibility index (Phi) is 6.89. The minimum absolute atomic E-state index is 0.298. The van der Waals surface area contributed by atoms with Crippen LogP contribution in [0, 0.1) is 5.92 Å². The molecule has 2 nitrogen and oxygen atoms in total. The molecule has 0 aromatic carbocycles. The Bertz CT molecular complexity index is 310. The zero-order chi connectivity index (χ0) is 14.3. The molecule has 1 N–H and O–H groups in total. The predicted octanol–water partition coefficient (Wildman–Crippen LogP) is 4.64. The molecule has 20 heavy (non-hydrogen) atoms. The third-order valence-electron chi connectivity index (χ3n) is 4.66. The lowest BCUT2D eigenvalue weighted by Gasteiger charge is -2.35. The molecule has 116 valence electrons. The van der Waals surface area contributed by atoms with E-state index in [0.717, 1.165) is 19.0 Å². The average molecular weight is 297 g/mol. The SMILES string of the molecule is CCCCCCC(CCCCC)C1=NC2(CNC2)CS1. The van der Waals surface area contributed by atoms with Gasteiger partial charge < -0.3 is 5.32 Å². The third-order valence-corrected chi connectivity index (χ3v) is 6.06. The molecule has 0 aliphatic carbocycles. The average Bonchev–Trinajstić information content (AvgIpc) is 2.87. The van der Waals surface area contributed by atoms with Crippen LogP contribution in [0.25, 0.3) is 0 Å². The number of nitrogens with one attached hydrogen (secondary N) is 1. The summed E-state index contributed by atoms with van der Waals surface area (Å²) in [5.41, 5.74) is 0.298. The monoisotopic (exact) mass is 296 g/mol. The van der Waals surface area contributed by atoms with Gasteiger partial charge in [-0.25, -0.2) is 0 Å². The molecular weight excluding hydrogens is 264 g/mol. The molecule has 0 aromatic heterocycles. The van der Waals surface area contributed by atoms with Crippen molar-refractivity contribution in [2.24, 2.45) is 10.9 Å². The summed E-state index contributed by atoms with van der Waals surface area (Å²) in [5, 5.41) is 4.89. The van der Waals surface area contributed by atoms with Crippen LogP contribution in [0.2, 0.25) is 0 Å². The third kappa shape index (κ3) is 4.49. The smallest absolute Gasteiger partial charge is 0.0958 e. The van der Waals surface area contributed by atoms with E-state index in [1.54, 1.807) is 0 Å². The van der Waals surface area contributed by atoms with E-state index in [2.05, 4.69) is 30.9 Å². The van der Waals surface area contributed by atoms with Crippen LogP contribution in [0.4, 0.5) is 0 Å². The molecule has 0 aromatic rings. The highest BCUT2D eigenvalue weighted by molar-refractivity contribution is 8.14. The zero-order valence-electron chi connectivity index (χ0n) is 13.4. The van der Waals surface area contributed by atoms with Crippen LogP contribution in [0.1, 0.15) is 71.6 Å². The van der Waals surface area contributed by atoms with Gasteiger partial charge in [0, 0.05) is 24.8 Å². The van der Waals surface area contributed by atoms with Crippen LogP contribution >= 0.6 is 11.8 Å². The number of hydrogen-bond acceptors (Lipinski definition) is 3. The Morgan fingerprint density at radius 1 is 1.05 bits per heavy atom. The first-order valence-corrected chi connectivity index (χ1v) is 9.71. The Labute approximate surface area is 129 Å². The summed E-state index contributed by atoms with van der Waals surface area (Å²) in [6, 6.07) is 0. The first kappa shape index (κ1) is 16.4. The molecule has 2 aliphatic heterocycles. The molecule has 2 aliphatic rings. The van der Waals surface area contributed by atoms with Gasteiger partial charge in [-0.3, -0.25) is 4.99 Å². The predicted molar refractivity (Wildman–Crippen MR) is 91.9 cm³/mol. The van der Waals surface area contributed by atoms with Crippen molar-refractivity contribution in [1.29, 1.82) is 0 Å². The maximum atomic E-state index is 5.12. The van der Waals surface area contributed by atoms with E-state index in [-0.39, 0.29) is 0 Å². The molecule has 1 unspecified atom stereocenters. The first-order valence-electron chi connectivity index (χ1n) is 8.73. The molecule has 1 saturated heterocycles. The Morgan fingerprint density at radius 3 is 2.25 bits per heavy atom.